The van der Waals surface area contributed by atoms with Gasteiger partial charge in [-0.3, -0.25) is 4.79 Å². The van der Waals surface area contributed by atoms with E-state index in [1.54, 1.807) is 60.2 Å². The predicted octanol–water partition coefficient (Wildman–Crippen LogP) is 4.68. The van der Waals surface area contributed by atoms with E-state index >= 15 is 0 Å². The van der Waals surface area contributed by atoms with Crippen molar-refractivity contribution in [3.63, 3.8) is 0 Å². The number of rotatable bonds is 5. The first-order valence-electron chi connectivity index (χ1n) is 8.60. The second-order valence-electron chi connectivity index (χ2n) is 6.19. The Hall–Kier alpha value is -3.82. The average molecular weight is 406 g/mol. The summed E-state index contributed by atoms with van der Waals surface area (Å²) in [6.45, 7) is 1.77. The number of aromatic carboxylic acids is 1. The first-order chi connectivity index (χ1) is 13.9. The summed E-state index contributed by atoms with van der Waals surface area (Å²) in [5.41, 5.74) is 2.42. The summed E-state index contributed by atoms with van der Waals surface area (Å²) in [5.74, 6) is -1.60. The van der Waals surface area contributed by atoms with E-state index in [-0.39, 0.29) is 11.1 Å². The molecule has 3 rings (SSSR count). The first kappa shape index (κ1) is 19.9. The van der Waals surface area contributed by atoms with Crippen molar-refractivity contribution >= 4 is 35.2 Å². The van der Waals surface area contributed by atoms with Gasteiger partial charge in [0.2, 0.25) is 0 Å². The summed E-state index contributed by atoms with van der Waals surface area (Å²) in [7, 11) is 0. The van der Waals surface area contributed by atoms with Gasteiger partial charge in [0.15, 0.2) is 0 Å². The SMILES string of the molecule is Cc1c(Cl)cccc1NC(=O)/C(C#N)=C/c1cccn1-c1cccc(C(=O)O)c1. The molecular weight excluding hydrogens is 390 g/mol. The van der Waals surface area contributed by atoms with E-state index in [9.17, 15) is 20.0 Å². The van der Waals surface area contributed by atoms with Crippen molar-refractivity contribution in [2.24, 2.45) is 0 Å². The van der Waals surface area contributed by atoms with Crippen LogP contribution in [-0.2, 0) is 4.79 Å². The molecule has 1 aromatic heterocycles. The molecule has 6 nitrogen and oxygen atoms in total. The molecule has 0 unspecified atom stereocenters. The smallest absolute Gasteiger partial charge is 0.335 e. The largest absolute Gasteiger partial charge is 0.478 e. The highest BCUT2D eigenvalue weighted by atomic mass is 35.5. The zero-order valence-corrected chi connectivity index (χ0v) is 16.1. The van der Waals surface area contributed by atoms with Gasteiger partial charge in [-0.05, 0) is 61.0 Å². The van der Waals surface area contributed by atoms with Crippen LogP contribution in [0.2, 0.25) is 5.02 Å². The highest BCUT2D eigenvalue weighted by molar-refractivity contribution is 6.31. The molecular formula is C22H16ClN3O3. The molecule has 0 spiro atoms. The molecule has 7 heteroatoms. The number of aromatic nitrogens is 1. The Morgan fingerprint density at radius 3 is 2.66 bits per heavy atom. The van der Waals surface area contributed by atoms with E-state index < -0.39 is 11.9 Å². The number of hydrogen-bond donors (Lipinski definition) is 2. The minimum atomic E-state index is -1.04. The van der Waals surface area contributed by atoms with Crippen molar-refractivity contribution in [3.8, 4) is 11.8 Å². The number of carbonyl (C=O) groups is 2. The molecule has 0 atom stereocenters. The highest BCUT2D eigenvalue weighted by Gasteiger charge is 2.13. The number of carbonyl (C=O) groups excluding carboxylic acids is 1. The van der Waals surface area contributed by atoms with Crippen LogP contribution in [0.25, 0.3) is 11.8 Å². The molecule has 0 aliphatic rings. The molecule has 0 saturated heterocycles. The fourth-order valence-corrected chi connectivity index (χ4v) is 2.94. The second kappa shape index (κ2) is 8.46. The minimum absolute atomic E-state index is 0.0984. The van der Waals surface area contributed by atoms with Gasteiger partial charge in [0, 0.05) is 28.3 Å². The molecule has 0 fully saturated rings. The lowest BCUT2D eigenvalue weighted by Gasteiger charge is -2.10. The van der Waals surface area contributed by atoms with Gasteiger partial charge in [-0.25, -0.2) is 4.79 Å². The number of nitriles is 1. The maximum absolute atomic E-state index is 12.6. The third kappa shape index (κ3) is 4.37. The molecule has 1 heterocycles. The van der Waals surface area contributed by atoms with Crippen LogP contribution < -0.4 is 5.32 Å². The van der Waals surface area contributed by atoms with Crippen LogP contribution in [0, 0.1) is 18.3 Å². The van der Waals surface area contributed by atoms with E-state index in [2.05, 4.69) is 5.32 Å². The van der Waals surface area contributed by atoms with Crippen molar-refractivity contribution in [3.05, 3.63) is 88.2 Å². The Bertz CT molecular complexity index is 1170. The number of carboxylic acid groups (broad SMARTS) is 1. The normalized spacial score (nSPS) is 11.0. The second-order valence-corrected chi connectivity index (χ2v) is 6.60. The van der Waals surface area contributed by atoms with E-state index in [4.69, 9.17) is 11.6 Å². The molecule has 144 valence electrons. The van der Waals surface area contributed by atoms with Gasteiger partial charge in [-0.2, -0.15) is 5.26 Å². The van der Waals surface area contributed by atoms with Crippen LogP contribution in [0.3, 0.4) is 0 Å². The first-order valence-corrected chi connectivity index (χ1v) is 8.98. The predicted molar refractivity (Wildman–Crippen MR) is 111 cm³/mol. The fourth-order valence-electron chi connectivity index (χ4n) is 2.76. The Kier molecular flexibility index (Phi) is 5.82. The van der Waals surface area contributed by atoms with Gasteiger partial charge in [0.1, 0.15) is 11.6 Å². The molecule has 1 amide bonds. The summed E-state index contributed by atoms with van der Waals surface area (Å²) in [4.78, 5) is 23.8. The number of nitrogens with zero attached hydrogens (tertiary/aromatic N) is 2. The van der Waals surface area contributed by atoms with Gasteiger partial charge in [-0.15, -0.1) is 0 Å². The Morgan fingerprint density at radius 2 is 1.93 bits per heavy atom. The van der Waals surface area contributed by atoms with Gasteiger partial charge in [0.05, 0.1) is 5.56 Å². The number of carboxylic acids is 1. The number of halogens is 1. The lowest BCUT2D eigenvalue weighted by Crippen LogP contribution is -2.14. The molecule has 0 aliphatic carbocycles. The van der Waals surface area contributed by atoms with Crippen LogP contribution in [-0.4, -0.2) is 21.6 Å². The summed E-state index contributed by atoms with van der Waals surface area (Å²) in [5, 5.41) is 21.9. The maximum Gasteiger partial charge on any atom is 0.335 e. The number of amides is 1. The summed E-state index contributed by atoms with van der Waals surface area (Å²) in [6.07, 6.45) is 3.17. The molecule has 0 aliphatic heterocycles. The third-order valence-electron chi connectivity index (χ3n) is 4.32. The number of nitrogens with one attached hydrogen (secondary N) is 1. The summed E-state index contributed by atoms with van der Waals surface area (Å²) in [6, 6.07) is 16.9. The molecule has 2 N–H and O–H groups in total. The van der Waals surface area contributed by atoms with Crippen LogP contribution in [0.1, 0.15) is 21.6 Å². The quantitative estimate of drug-likeness (QED) is 0.475. The molecule has 0 radical (unpaired) electrons. The highest BCUT2D eigenvalue weighted by Crippen LogP contribution is 2.24. The van der Waals surface area contributed by atoms with Crippen LogP contribution >= 0.6 is 11.6 Å². The number of anilines is 1. The zero-order valence-electron chi connectivity index (χ0n) is 15.4. The number of benzene rings is 2. The monoisotopic (exact) mass is 405 g/mol. The van der Waals surface area contributed by atoms with Gasteiger partial charge in [0.25, 0.3) is 5.91 Å². The third-order valence-corrected chi connectivity index (χ3v) is 4.73. The zero-order chi connectivity index (χ0) is 21.0. The molecule has 2 aromatic carbocycles. The van der Waals surface area contributed by atoms with Crippen LogP contribution in [0.5, 0.6) is 0 Å². The summed E-state index contributed by atoms with van der Waals surface area (Å²) >= 11 is 6.07. The van der Waals surface area contributed by atoms with Gasteiger partial charge < -0.3 is 15.0 Å². The van der Waals surface area contributed by atoms with E-state index in [1.807, 2.05) is 6.07 Å². The van der Waals surface area contributed by atoms with Crippen LogP contribution in [0.15, 0.2) is 66.4 Å². The Balaban J connectivity index is 1.93. The molecule has 3 aromatic rings. The Morgan fingerprint density at radius 1 is 1.17 bits per heavy atom. The lowest BCUT2D eigenvalue weighted by atomic mass is 10.1. The summed E-state index contributed by atoms with van der Waals surface area (Å²) < 4.78 is 1.70. The van der Waals surface area contributed by atoms with Crippen molar-refractivity contribution in [2.75, 3.05) is 5.32 Å². The van der Waals surface area contributed by atoms with Crippen molar-refractivity contribution in [1.29, 1.82) is 5.26 Å². The molecule has 29 heavy (non-hydrogen) atoms. The van der Waals surface area contributed by atoms with Gasteiger partial charge >= 0.3 is 5.97 Å². The maximum atomic E-state index is 12.6. The van der Waals surface area contributed by atoms with Gasteiger partial charge in [-0.1, -0.05) is 23.7 Å². The lowest BCUT2D eigenvalue weighted by molar-refractivity contribution is -0.112. The fraction of sp³-hybridized carbons (Fsp3) is 0.0455. The minimum Gasteiger partial charge on any atom is -0.478 e. The van der Waals surface area contributed by atoms with E-state index in [0.29, 0.717) is 27.7 Å². The molecule has 0 saturated carbocycles. The standard InChI is InChI=1S/C22H16ClN3O3/c1-14-19(23)8-3-9-20(14)25-21(27)16(13-24)12-18-7-4-10-26(18)17-6-2-5-15(11-17)22(28)29/h2-12H,1H3,(H,25,27)(H,28,29)/b16-12+. The Labute approximate surface area is 172 Å². The van der Waals surface area contributed by atoms with Crippen LogP contribution in [0.4, 0.5) is 5.69 Å². The molecule has 0 bridgehead atoms. The topological polar surface area (TPSA) is 95.1 Å². The van der Waals surface area contributed by atoms with Crippen molar-refractivity contribution < 1.29 is 14.7 Å². The average Bonchev–Trinajstić information content (AvgIpc) is 3.18. The van der Waals surface area contributed by atoms with Crippen molar-refractivity contribution in [1.82, 2.24) is 4.57 Å². The van der Waals surface area contributed by atoms with E-state index in [1.165, 1.54) is 18.2 Å². The van der Waals surface area contributed by atoms with E-state index in [0.717, 1.165) is 0 Å². The number of hydrogen-bond acceptors (Lipinski definition) is 3. The van der Waals surface area contributed by atoms with Crippen molar-refractivity contribution in [2.45, 2.75) is 6.92 Å².